The van der Waals surface area contributed by atoms with E-state index in [1.807, 2.05) is 13.8 Å². The summed E-state index contributed by atoms with van der Waals surface area (Å²) in [4.78, 5) is 26.2. The summed E-state index contributed by atoms with van der Waals surface area (Å²) in [7, 11) is 0. The molecule has 6 heteroatoms. The first kappa shape index (κ1) is 18.4. The molecule has 1 saturated heterocycles. The highest BCUT2D eigenvalue weighted by Gasteiger charge is 2.22. The molecule has 2 amide bonds. The molecular weight excluding hydrogens is 309 g/mol. The molecule has 0 spiro atoms. The summed E-state index contributed by atoms with van der Waals surface area (Å²) in [5, 5.41) is 5.99. The maximum absolute atomic E-state index is 12.9. The van der Waals surface area contributed by atoms with Crippen LogP contribution < -0.4 is 10.6 Å². The van der Waals surface area contributed by atoms with E-state index in [-0.39, 0.29) is 30.2 Å². The van der Waals surface area contributed by atoms with Gasteiger partial charge >= 0.3 is 0 Å². The first-order valence-electron chi connectivity index (χ1n) is 8.51. The molecule has 1 aromatic rings. The van der Waals surface area contributed by atoms with Gasteiger partial charge in [0, 0.05) is 18.2 Å². The van der Waals surface area contributed by atoms with E-state index in [1.165, 1.54) is 24.3 Å². The molecule has 24 heavy (non-hydrogen) atoms. The van der Waals surface area contributed by atoms with Crippen LogP contribution in [0.3, 0.4) is 0 Å². The number of nitrogens with one attached hydrogen (secondary N) is 2. The molecule has 1 heterocycles. The maximum atomic E-state index is 12.9. The summed E-state index contributed by atoms with van der Waals surface area (Å²) < 4.78 is 12.9. The number of hydrogen-bond acceptors (Lipinski definition) is 3. The lowest BCUT2D eigenvalue weighted by atomic mass is 10.0. The van der Waals surface area contributed by atoms with Crippen molar-refractivity contribution >= 4 is 17.5 Å². The number of rotatable bonds is 7. The van der Waals surface area contributed by atoms with Crippen LogP contribution in [0.15, 0.2) is 24.3 Å². The zero-order chi connectivity index (χ0) is 17.5. The van der Waals surface area contributed by atoms with E-state index < -0.39 is 0 Å². The van der Waals surface area contributed by atoms with E-state index in [0.717, 1.165) is 25.9 Å². The second kappa shape index (κ2) is 8.78. The van der Waals surface area contributed by atoms with E-state index >= 15 is 0 Å². The highest BCUT2D eigenvalue weighted by atomic mass is 19.1. The van der Waals surface area contributed by atoms with Crippen LogP contribution in [0.5, 0.6) is 0 Å². The predicted molar refractivity (Wildman–Crippen MR) is 92.1 cm³/mol. The highest BCUT2D eigenvalue weighted by molar-refractivity contribution is 5.94. The topological polar surface area (TPSA) is 61.4 Å². The van der Waals surface area contributed by atoms with E-state index in [4.69, 9.17) is 0 Å². The molecule has 1 aromatic carbocycles. The Labute approximate surface area is 142 Å². The Morgan fingerprint density at radius 3 is 2.62 bits per heavy atom. The molecule has 0 aliphatic carbocycles. The van der Waals surface area contributed by atoms with E-state index in [9.17, 15) is 14.0 Å². The Bertz CT molecular complexity index is 554. The third kappa shape index (κ3) is 5.60. The summed E-state index contributed by atoms with van der Waals surface area (Å²) in [6.45, 7) is 5.81. The highest BCUT2D eigenvalue weighted by Crippen LogP contribution is 2.16. The Hall–Kier alpha value is -1.95. The van der Waals surface area contributed by atoms with Crippen LogP contribution in [0.4, 0.5) is 10.1 Å². The minimum absolute atomic E-state index is 0.00570. The number of amides is 2. The molecule has 1 unspecified atom stereocenters. The summed E-state index contributed by atoms with van der Waals surface area (Å²) in [6.07, 6.45) is 2.43. The number of nitrogens with zero attached hydrogens (tertiary/aromatic N) is 1. The lowest BCUT2D eigenvalue weighted by Gasteiger charge is -2.26. The summed E-state index contributed by atoms with van der Waals surface area (Å²) in [6, 6.07) is 5.54. The largest absolute Gasteiger partial charge is 0.331 e. The second-order valence-corrected chi connectivity index (χ2v) is 6.57. The second-order valence-electron chi connectivity index (χ2n) is 6.57. The Morgan fingerprint density at radius 1 is 1.33 bits per heavy atom. The monoisotopic (exact) mass is 335 g/mol. The summed E-state index contributed by atoms with van der Waals surface area (Å²) in [5.74, 6) is -0.0678. The van der Waals surface area contributed by atoms with Crippen LogP contribution in [0.1, 0.15) is 33.1 Å². The van der Waals surface area contributed by atoms with Crippen LogP contribution >= 0.6 is 0 Å². The van der Waals surface area contributed by atoms with E-state index in [2.05, 4.69) is 10.6 Å². The van der Waals surface area contributed by atoms with Crippen LogP contribution in [0.2, 0.25) is 0 Å². The maximum Gasteiger partial charge on any atom is 0.244 e. The van der Waals surface area contributed by atoms with Gasteiger partial charge in [0.15, 0.2) is 0 Å². The first-order chi connectivity index (χ1) is 11.5. The predicted octanol–water partition coefficient (Wildman–Crippen LogP) is 2.39. The van der Waals surface area contributed by atoms with Crippen molar-refractivity contribution < 1.29 is 14.0 Å². The zero-order valence-corrected chi connectivity index (χ0v) is 14.3. The van der Waals surface area contributed by atoms with Gasteiger partial charge < -0.3 is 15.5 Å². The van der Waals surface area contributed by atoms with Crippen molar-refractivity contribution in [3.05, 3.63) is 30.1 Å². The standard InChI is InChI=1S/C18H26FN3O2/c1-13(2)22(18(24)8-3-14-9-10-20-11-14)12-17(23)21-16-6-4-15(19)5-7-16/h4-7,13-14,20H,3,8-12H2,1-2H3,(H,21,23). The van der Waals surface area contributed by atoms with Gasteiger partial charge in [-0.1, -0.05) is 0 Å². The molecule has 0 aromatic heterocycles. The molecule has 1 atom stereocenters. The quantitative estimate of drug-likeness (QED) is 0.804. The molecule has 1 fully saturated rings. The van der Waals surface area contributed by atoms with E-state index in [0.29, 0.717) is 18.0 Å². The summed E-state index contributed by atoms with van der Waals surface area (Å²) in [5.41, 5.74) is 0.523. The molecule has 5 nitrogen and oxygen atoms in total. The molecule has 0 saturated carbocycles. The van der Waals surface area contributed by atoms with Crippen molar-refractivity contribution in [1.82, 2.24) is 10.2 Å². The number of carbonyl (C=O) groups excluding carboxylic acids is 2. The number of anilines is 1. The minimum Gasteiger partial charge on any atom is -0.331 e. The van der Waals surface area contributed by atoms with Gasteiger partial charge in [-0.15, -0.1) is 0 Å². The van der Waals surface area contributed by atoms with Crippen molar-refractivity contribution in [2.24, 2.45) is 5.92 Å². The molecule has 132 valence electrons. The van der Waals surface area contributed by atoms with Gasteiger partial charge in [0.1, 0.15) is 12.4 Å². The lowest BCUT2D eigenvalue weighted by Crippen LogP contribution is -2.42. The molecule has 1 aliphatic rings. The third-order valence-electron chi connectivity index (χ3n) is 4.31. The van der Waals surface area contributed by atoms with Crippen molar-refractivity contribution in [3.8, 4) is 0 Å². The Morgan fingerprint density at radius 2 is 2.04 bits per heavy atom. The van der Waals surface area contributed by atoms with Crippen LogP contribution in [-0.4, -0.2) is 42.4 Å². The van der Waals surface area contributed by atoms with Gasteiger partial charge in [-0.2, -0.15) is 0 Å². The minimum atomic E-state index is -0.353. The number of halogens is 1. The van der Waals surface area contributed by atoms with Gasteiger partial charge in [-0.25, -0.2) is 4.39 Å². The fraction of sp³-hybridized carbons (Fsp3) is 0.556. The molecular formula is C18H26FN3O2. The van der Waals surface area contributed by atoms with Gasteiger partial charge in [0.05, 0.1) is 0 Å². The van der Waals surface area contributed by atoms with Crippen molar-refractivity contribution in [2.45, 2.75) is 39.2 Å². The van der Waals surface area contributed by atoms with Gasteiger partial charge in [0.25, 0.3) is 0 Å². The van der Waals surface area contributed by atoms with Crippen molar-refractivity contribution in [3.63, 3.8) is 0 Å². The Balaban J connectivity index is 1.85. The van der Waals surface area contributed by atoms with Crippen LogP contribution in [0, 0.1) is 11.7 Å². The van der Waals surface area contributed by atoms with Gasteiger partial charge in [-0.05, 0) is 70.0 Å². The number of hydrogen-bond donors (Lipinski definition) is 2. The SMILES string of the molecule is CC(C)N(CC(=O)Nc1ccc(F)cc1)C(=O)CCC1CCNC1. The van der Waals surface area contributed by atoms with Crippen LogP contribution in [0.25, 0.3) is 0 Å². The molecule has 2 rings (SSSR count). The zero-order valence-electron chi connectivity index (χ0n) is 14.3. The Kier molecular flexibility index (Phi) is 6.73. The van der Waals surface area contributed by atoms with Crippen LogP contribution in [-0.2, 0) is 9.59 Å². The first-order valence-corrected chi connectivity index (χ1v) is 8.51. The normalized spacial score (nSPS) is 17.1. The summed E-state index contributed by atoms with van der Waals surface area (Å²) >= 11 is 0. The van der Waals surface area contributed by atoms with Crippen molar-refractivity contribution in [2.75, 3.05) is 25.0 Å². The average Bonchev–Trinajstić information content (AvgIpc) is 3.06. The fourth-order valence-corrected chi connectivity index (χ4v) is 2.88. The smallest absolute Gasteiger partial charge is 0.244 e. The number of carbonyl (C=O) groups is 2. The van der Waals surface area contributed by atoms with E-state index in [1.54, 1.807) is 4.90 Å². The molecule has 2 N–H and O–H groups in total. The lowest BCUT2D eigenvalue weighted by molar-refractivity contribution is -0.136. The molecule has 1 aliphatic heterocycles. The van der Waals surface area contributed by atoms with Crippen molar-refractivity contribution in [1.29, 1.82) is 0 Å². The van der Waals surface area contributed by atoms with Gasteiger partial charge in [-0.3, -0.25) is 9.59 Å². The van der Waals surface area contributed by atoms with Gasteiger partial charge in [0.2, 0.25) is 11.8 Å². The average molecular weight is 335 g/mol. The number of benzene rings is 1. The third-order valence-corrected chi connectivity index (χ3v) is 4.31. The fourth-order valence-electron chi connectivity index (χ4n) is 2.88. The molecule has 0 radical (unpaired) electrons. The molecule has 0 bridgehead atoms.